The van der Waals surface area contributed by atoms with Gasteiger partial charge in [0.15, 0.2) is 9.84 Å². The number of halogens is 2. The molecule has 1 aliphatic heterocycles. The van der Waals surface area contributed by atoms with Gasteiger partial charge in [-0.3, -0.25) is 0 Å². The Balaban J connectivity index is 2.04. The van der Waals surface area contributed by atoms with Crippen LogP contribution in [-0.4, -0.2) is 45.2 Å². The van der Waals surface area contributed by atoms with Crippen molar-refractivity contribution in [3.63, 3.8) is 0 Å². The van der Waals surface area contributed by atoms with Crippen molar-refractivity contribution in [3.05, 3.63) is 28.2 Å². The van der Waals surface area contributed by atoms with Crippen LogP contribution in [0.4, 0.5) is 0 Å². The molecule has 1 unspecified atom stereocenters. The first-order valence-electron chi connectivity index (χ1n) is 6.86. The Bertz CT molecular complexity index is 621. The second kappa shape index (κ2) is 6.42. The predicted molar refractivity (Wildman–Crippen MR) is 86.7 cm³/mol. The van der Waals surface area contributed by atoms with Crippen LogP contribution < -0.4 is 5.73 Å². The first-order chi connectivity index (χ1) is 9.76. The second-order valence-electron chi connectivity index (χ2n) is 5.93. The van der Waals surface area contributed by atoms with Crippen molar-refractivity contribution in [3.8, 4) is 0 Å². The summed E-state index contributed by atoms with van der Waals surface area (Å²) < 4.78 is 24.8. The lowest BCUT2D eigenvalue weighted by atomic mass is 9.90. The van der Waals surface area contributed by atoms with Gasteiger partial charge >= 0.3 is 0 Å². The molecule has 2 N–H and O–H groups in total. The monoisotopic (exact) mass is 350 g/mol. The van der Waals surface area contributed by atoms with E-state index in [9.17, 15) is 8.42 Å². The second-order valence-corrected chi connectivity index (χ2v) is 8.86. The topological polar surface area (TPSA) is 63.4 Å². The molecule has 7 heteroatoms. The van der Waals surface area contributed by atoms with Gasteiger partial charge in [-0.1, -0.05) is 30.1 Å². The van der Waals surface area contributed by atoms with Crippen molar-refractivity contribution in [1.29, 1.82) is 0 Å². The Labute approximate surface area is 136 Å². The fourth-order valence-electron chi connectivity index (χ4n) is 2.56. The van der Waals surface area contributed by atoms with E-state index in [0.717, 1.165) is 19.5 Å². The number of benzene rings is 1. The molecule has 0 saturated carbocycles. The summed E-state index contributed by atoms with van der Waals surface area (Å²) in [6.45, 7) is 4.96. The minimum atomic E-state index is -3.43. The summed E-state index contributed by atoms with van der Waals surface area (Å²) in [6, 6.07) is 4.50. The molecule has 1 aromatic carbocycles. The molecular formula is C14H20Cl2N2O2S. The third-order valence-corrected chi connectivity index (χ3v) is 6.44. The predicted octanol–water partition coefficient (Wildman–Crippen LogP) is 2.44. The number of hydrogen-bond acceptors (Lipinski definition) is 4. The van der Waals surface area contributed by atoms with Gasteiger partial charge in [-0.2, -0.15) is 0 Å². The van der Waals surface area contributed by atoms with Gasteiger partial charge in [-0.25, -0.2) is 8.42 Å². The van der Waals surface area contributed by atoms with Crippen LogP contribution in [0.25, 0.3) is 0 Å². The van der Waals surface area contributed by atoms with Crippen molar-refractivity contribution in [2.75, 3.05) is 31.9 Å². The quantitative estimate of drug-likeness (QED) is 0.885. The summed E-state index contributed by atoms with van der Waals surface area (Å²) in [6.07, 6.45) is 1.00. The minimum Gasteiger partial charge on any atom is -0.330 e. The average molecular weight is 351 g/mol. The van der Waals surface area contributed by atoms with E-state index in [0.29, 0.717) is 18.1 Å². The maximum absolute atomic E-state index is 12.4. The fourth-order valence-corrected chi connectivity index (χ4v) is 4.66. The van der Waals surface area contributed by atoms with Gasteiger partial charge in [-0.05, 0) is 43.1 Å². The Hall–Kier alpha value is -0.330. The van der Waals surface area contributed by atoms with Crippen LogP contribution in [0.3, 0.4) is 0 Å². The molecule has 0 bridgehead atoms. The number of hydrogen-bond donors (Lipinski definition) is 1. The van der Waals surface area contributed by atoms with E-state index < -0.39 is 9.84 Å². The summed E-state index contributed by atoms with van der Waals surface area (Å²) in [4.78, 5) is 2.25. The van der Waals surface area contributed by atoms with E-state index in [4.69, 9.17) is 28.9 Å². The van der Waals surface area contributed by atoms with Gasteiger partial charge in [-0.15, -0.1) is 0 Å². The van der Waals surface area contributed by atoms with Gasteiger partial charge < -0.3 is 10.6 Å². The lowest BCUT2D eigenvalue weighted by Crippen LogP contribution is -2.33. The molecule has 1 aliphatic rings. The third-order valence-electron chi connectivity index (χ3n) is 4.03. The van der Waals surface area contributed by atoms with E-state index in [-0.39, 0.29) is 21.1 Å². The summed E-state index contributed by atoms with van der Waals surface area (Å²) in [7, 11) is -3.43. The molecule has 1 aromatic rings. The van der Waals surface area contributed by atoms with Crippen molar-refractivity contribution in [1.82, 2.24) is 4.90 Å². The van der Waals surface area contributed by atoms with Crippen molar-refractivity contribution < 1.29 is 8.42 Å². The Morgan fingerprint density at radius 1 is 1.38 bits per heavy atom. The minimum absolute atomic E-state index is 0.0354. The number of rotatable bonds is 5. The molecule has 2 rings (SSSR count). The first kappa shape index (κ1) is 17.0. The zero-order chi connectivity index (χ0) is 15.7. The number of sulfone groups is 1. The summed E-state index contributed by atoms with van der Waals surface area (Å²) in [5.41, 5.74) is 5.86. The van der Waals surface area contributed by atoms with E-state index in [1.165, 1.54) is 12.1 Å². The maximum Gasteiger partial charge on any atom is 0.181 e. The molecular weight excluding hydrogens is 331 g/mol. The Morgan fingerprint density at radius 2 is 2.10 bits per heavy atom. The van der Waals surface area contributed by atoms with E-state index >= 15 is 0 Å². The molecule has 0 amide bonds. The molecule has 0 aliphatic carbocycles. The number of likely N-dealkylation sites (tertiary alicyclic amines) is 1. The smallest absolute Gasteiger partial charge is 0.181 e. The first-order valence-corrected chi connectivity index (χ1v) is 9.27. The maximum atomic E-state index is 12.4. The molecule has 1 saturated heterocycles. The van der Waals surface area contributed by atoms with Crippen LogP contribution >= 0.6 is 23.2 Å². The largest absolute Gasteiger partial charge is 0.330 e. The van der Waals surface area contributed by atoms with Crippen molar-refractivity contribution >= 4 is 33.0 Å². The highest BCUT2D eigenvalue weighted by molar-refractivity contribution is 7.91. The highest BCUT2D eigenvalue weighted by Gasteiger charge is 2.33. The summed E-state index contributed by atoms with van der Waals surface area (Å²) in [5, 5.41) is 0.586. The van der Waals surface area contributed by atoms with E-state index in [1.807, 2.05) is 0 Å². The lowest BCUT2D eigenvalue weighted by Gasteiger charge is -2.22. The molecule has 0 spiro atoms. The van der Waals surface area contributed by atoms with Gasteiger partial charge in [0.2, 0.25) is 0 Å². The highest BCUT2D eigenvalue weighted by atomic mass is 35.5. The summed E-state index contributed by atoms with van der Waals surface area (Å²) >= 11 is 11.8. The zero-order valence-corrected chi connectivity index (χ0v) is 14.3. The molecule has 4 nitrogen and oxygen atoms in total. The Morgan fingerprint density at radius 3 is 2.71 bits per heavy atom. The molecule has 0 aromatic heterocycles. The van der Waals surface area contributed by atoms with Gasteiger partial charge in [0.25, 0.3) is 0 Å². The third kappa shape index (κ3) is 4.11. The average Bonchev–Trinajstić information content (AvgIpc) is 2.82. The van der Waals surface area contributed by atoms with E-state index in [1.54, 1.807) is 6.07 Å². The zero-order valence-electron chi connectivity index (χ0n) is 12.0. The molecule has 1 fully saturated rings. The number of nitrogens with zero attached hydrogens (tertiary/aromatic N) is 1. The van der Waals surface area contributed by atoms with Crippen LogP contribution in [0.5, 0.6) is 0 Å². The molecule has 118 valence electrons. The van der Waals surface area contributed by atoms with Crippen LogP contribution in [0, 0.1) is 5.41 Å². The lowest BCUT2D eigenvalue weighted by molar-refractivity contribution is 0.291. The standard InChI is InChI=1S/C14H20Cl2N2O2S/c1-14(9-17)4-5-18(10-14)6-7-21(19,20)13-8-11(15)2-3-12(13)16/h2-3,8H,4-7,9-10,17H2,1H3. The molecule has 1 atom stereocenters. The van der Waals surface area contributed by atoms with Gasteiger partial charge in [0, 0.05) is 18.1 Å². The SMILES string of the molecule is CC1(CN)CCN(CCS(=O)(=O)c2cc(Cl)ccc2Cl)C1. The molecule has 1 heterocycles. The van der Waals surface area contributed by atoms with Gasteiger partial charge in [0.1, 0.15) is 0 Å². The molecule has 21 heavy (non-hydrogen) atoms. The van der Waals surface area contributed by atoms with Crippen molar-refractivity contribution in [2.24, 2.45) is 11.1 Å². The fraction of sp³-hybridized carbons (Fsp3) is 0.571. The van der Waals surface area contributed by atoms with E-state index in [2.05, 4.69) is 11.8 Å². The van der Waals surface area contributed by atoms with Crippen LogP contribution in [0.15, 0.2) is 23.1 Å². The highest BCUT2D eigenvalue weighted by Crippen LogP contribution is 2.29. The van der Waals surface area contributed by atoms with Crippen molar-refractivity contribution in [2.45, 2.75) is 18.2 Å². The Kier molecular flexibility index (Phi) is 5.21. The van der Waals surface area contributed by atoms with Crippen LogP contribution in [0.1, 0.15) is 13.3 Å². The summed E-state index contributed by atoms with van der Waals surface area (Å²) in [5.74, 6) is 0.0354. The normalized spacial score (nSPS) is 23.6. The van der Waals surface area contributed by atoms with Gasteiger partial charge in [0.05, 0.1) is 15.7 Å². The molecule has 0 radical (unpaired) electrons. The van der Waals surface area contributed by atoms with Crippen LogP contribution in [-0.2, 0) is 9.84 Å². The van der Waals surface area contributed by atoms with Crippen LogP contribution in [0.2, 0.25) is 10.0 Å². The number of nitrogens with two attached hydrogens (primary N) is 1.